The van der Waals surface area contributed by atoms with Crippen LogP contribution in [0, 0.1) is 45.3 Å². The van der Waals surface area contributed by atoms with Gasteiger partial charge in [0, 0.05) is 18.4 Å². The third-order valence-electron chi connectivity index (χ3n) is 12.9. The normalized spacial score (nSPS) is 50.7. The van der Waals surface area contributed by atoms with Crippen LogP contribution in [0.2, 0.25) is 0 Å². The molecule has 0 aromatic carbocycles. The maximum absolute atomic E-state index is 12.1. The summed E-state index contributed by atoms with van der Waals surface area (Å²) in [5, 5.41) is 43.4. The second kappa shape index (κ2) is 8.75. The summed E-state index contributed by atoms with van der Waals surface area (Å²) in [5.74, 6) is 1.14. The van der Waals surface area contributed by atoms with Gasteiger partial charge in [0.25, 0.3) is 0 Å². The molecule has 0 aromatic heterocycles. The summed E-state index contributed by atoms with van der Waals surface area (Å²) in [6, 6.07) is 0. The van der Waals surface area contributed by atoms with Gasteiger partial charge in [-0.3, -0.25) is 0 Å². The fourth-order valence-corrected chi connectivity index (χ4v) is 11.0. The summed E-state index contributed by atoms with van der Waals surface area (Å²) in [7, 11) is 1.78. The maximum Gasteiger partial charge on any atom is 0.163 e. The van der Waals surface area contributed by atoms with Gasteiger partial charge in [-0.25, -0.2) is 0 Å². The molecule has 12 atom stereocenters. The topological polar surface area (TPSA) is 99.4 Å². The van der Waals surface area contributed by atoms with Crippen LogP contribution in [0.15, 0.2) is 11.6 Å². The van der Waals surface area contributed by atoms with Crippen molar-refractivity contribution < 1.29 is 29.9 Å². The van der Waals surface area contributed by atoms with Crippen molar-refractivity contribution in [1.82, 2.24) is 0 Å². The van der Waals surface area contributed by atoms with Crippen LogP contribution in [0.4, 0.5) is 0 Å². The Hall–Kier alpha value is -0.500. The number of fused-ring (bicyclic) bond motifs is 5. The van der Waals surface area contributed by atoms with E-state index in [1.165, 1.54) is 13.8 Å². The Morgan fingerprint density at radius 3 is 2.30 bits per heavy atom. The van der Waals surface area contributed by atoms with Gasteiger partial charge < -0.3 is 29.9 Å². The molecule has 4 aliphatic carbocycles. The Labute approximate surface area is 223 Å². The Bertz CT molecular complexity index is 923. The zero-order valence-corrected chi connectivity index (χ0v) is 24.3. The maximum atomic E-state index is 12.1. The van der Waals surface area contributed by atoms with Crippen molar-refractivity contribution in [2.75, 3.05) is 7.11 Å². The van der Waals surface area contributed by atoms with Crippen molar-refractivity contribution in [1.29, 1.82) is 0 Å². The van der Waals surface area contributed by atoms with Gasteiger partial charge >= 0.3 is 0 Å². The summed E-state index contributed by atoms with van der Waals surface area (Å²) >= 11 is 0. The highest BCUT2D eigenvalue weighted by molar-refractivity contribution is 5.25. The van der Waals surface area contributed by atoms with E-state index in [0.29, 0.717) is 11.8 Å². The van der Waals surface area contributed by atoms with E-state index in [1.807, 2.05) is 6.92 Å². The lowest BCUT2D eigenvalue weighted by Crippen LogP contribution is -2.74. The van der Waals surface area contributed by atoms with Gasteiger partial charge in [-0.05, 0) is 99.7 Å². The molecule has 6 aliphatic rings. The van der Waals surface area contributed by atoms with Gasteiger partial charge in [0.1, 0.15) is 12.2 Å². The van der Waals surface area contributed by atoms with E-state index in [9.17, 15) is 20.4 Å². The molecule has 2 aliphatic heterocycles. The second-order valence-corrected chi connectivity index (χ2v) is 15.1. The number of aliphatic hydroxyl groups is 4. The molecule has 0 aromatic rings. The van der Waals surface area contributed by atoms with Gasteiger partial charge in [-0.2, -0.15) is 0 Å². The third-order valence-corrected chi connectivity index (χ3v) is 12.9. The first-order valence-electron chi connectivity index (χ1n) is 14.7. The zero-order chi connectivity index (χ0) is 27.3. The molecule has 4 saturated carbocycles. The summed E-state index contributed by atoms with van der Waals surface area (Å²) in [6.45, 7) is 14.7. The second-order valence-electron chi connectivity index (χ2n) is 15.1. The lowest BCUT2D eigenvalue weighted by molar-refractivity contribution is -0.390. The summed E-state index contributed by atoms with van der Waals surface area (Å²) in [6.07, 6.45) is 6.07. The van der Waals surface area contributed by atoms with Crippen LogP contribution in [0.25, 0.3) is 0 Å². The van der Waals surface area contributed by atoms with Gasteiger partial charge in [0.15, 0.2) is 6.29 Å². The first-order chi connectivity index (χ1) is 17.1. The van der Waals surface area contributed by atoms with Crippen molar-refractivity contribution in [3.8, 4) is 0 Å². The predicted molar refractivity (Wildman–Crippen MR) is 142 cm³/mol. The van der Waals surface area contributed by atoms with E-state index in [2.05, 4.69) is 27.7 Å². The average Bonchev–Trinajstić information content (AvgIpc) is 3.15. The predicted octanol–water partition coefficient (Wildman–Crippen LogP) is 4.43. The highest BCUT2D eigenvalue weighted by Crippen LogP contribution is 2.78. The Balaban J connectivity index is 1.50. The fraction of sp³-hybridized carbons (Fsp3) is 0.935. The molecular weight excluding hydrogens is 468 g/mol. The van der Waals surface area contributed by atoms with Gasteiger partial charge in [0.2, 0.25) is 0 Å². The highest BCUT2D eigenvalue weighted by atomic mass is 16.7. The molecule has 6 nitrogen and oxygen atoms in total. The number of methoxy groups -OCH3 is 1. The van der Waals surface area contributed by atoms with Crippen LogP contribution < -0.4 is 0 Å². The highest BCUT2D eigenvalue weighted by Gasteiger charge is 2.76. The number of hydrogen-bond donors (Lipinski definition) is 4. The van der Waals surface area contributed by atoms with Crippen LogP contribution in [0.5, 0.6) is 0 Å². The quantitative estimate of drug-likeness (QED) is 0.400. The van der Waals surface area contributed by atoms with E-state index in [4.69, 9.17) is 9.47 Å². The van der Waals surface area contributed by atoms with Crippen molar-refractivity contribution >= 4 is 0 Å². The van der Waals surface area contributed by atoms with Crippen LogP contribution in [0.1, 0.15) is 93.4 Å². The molecule has 2 unspecified atom stereocenters. The molecule has 2 saturated heterocycles. The standard InChI is InChI=1S/C31H52O6/c1-17(15-21(33)25(34)28(4,5)35)18-9-12-29(6)19(18)16-20(32)24-30(29,7)13-10-22-27(2,3)23-11-14-31(22,24)26(36-8)37-23/h15,18-26,32-35H,9-14,16H2,1-8H3/b17-15+/t18-,19-,20-,21+,22+,23+,24+,25?,26?,29-,30-,31-/m1/s1. The first kappa shape index (κ1) is 28.0. The van der Waals surface area contributed by atoms with E-state index in [0.717, 1.165) is 50.5 Å². The molecule has 6 fully saturated rings. The number of aliphatic hydroxyl groups excluding tert-OH is 3. The number of rotatable bonds is 5. The van der Waals surface area contributed by atoms with Crippen molar-refractivity contribution in [3.05, 3.63) is 11.6 Å². The first-order valence-corrected chi connectivity index (χ1v) is 14.7. The van der Waals surface area contributed by atoms with Crippen molar-refractivity contribution in [3.63, 3.8) is 0 Å². The molecule has 1 spiro atoms. The fourth-order valence-electron chi connectivity index (χ4n) is 11.0. The largest absolute Gasteiger partial charge is 0.393 e. The molecular formula is C31H52O6. The molecule has 2 bridgehead atoms. The molecule has 212 valence electrons. The Kier molecular flexibility index (Phi) is 6.63. The zero-order valence-electron chi connectivity index (χ0n) is 24.3. The Morgan fingerprint density at radius 2 is 1.68 bits per heavy atom. The number of hydrogen-bond acceptors (Lipinski definition) is 6. The van der Waals surface area contributed by atoms with Crippen LogP contribution in [-0.2, 0) is 9.47 Å². The molecule has 0 amide bonds. The summed E-state index contributed by atoms with van der Waals surface area (Å²) < 4.78 is 12.7. The number of ether oxygens (including phenoxy) is 2. The van der Waals surface area contributed by atoms with Gasteiger partial charge in [0.05, 0.1) is 17.8 Å². The van der Waals surface area contributed by atoms with E-state index >= 15 is 0 Å². The van der Waals surface area contributed by atoms with Gasteiger partial charge in [-0.15, -0.1) is 0 Å². The van der Waals surface area contributed by atoms with Crippen LogP contribution in [0.3, 0.4) is 0 Å². The van der Waals surface area contributed by atoms with Crippen molar-refractivity contribution in [2.45, 2.75) is 130 Å². The minimum Gasteiger partial charge on any atom is -0.393 e. The summed E-state index contributed by atoms with van der Waals surface area (Å²) in [4.78, 5) is 0. The van der Waals surface area contributed by atoms with E-state index in [1.54, 1.807) is 13.2 Å². The van der Waals surface area contributed by atoms with E-state index in [-0.39, 0.29) is 45.9 Å². The third kappa shape index (κ3) is 3.65. The SMILES string of the molecule is COC1O[C@H]2CC[C@@]13[C@H]1[C@H](O)C[C@@H]4[C@@H](/C(C)=C/[C@H](O)C(O)C(C)(C)O)CC[C@@]4(C)[C@]1(C)CC[C@H]3C2(C)C. The molecule has 37 heavy (non-hydrogen) atoms. The number of allylic oxidation sites excluding steroid dienone is 1. The monoisotopic (exact) mass is 520 g/mol. The minimum absolute atomic E-state index is 0.0485. The van der Waals surface area contributed by atoms with Crippen molar-refractivity contribution in [2.24, 2.45) is 45.3 Å². The van der Waals surface area contributed by atoms with Crippen LogP contribution in [-0.4, -0.2) is 63.8 Å². The average molecular weight is 521 g/mol. The van der Waals surface area contributed by atoms with Crippen LogP contribution >= 0.6 is 0 Å². The minimum atomic E-state index is -1.38. The van der Waals surface area contributed by atoms with Gasteiger partial charge in [-0.1, -0.05) is 39.3 Å². The molecule has 6 rings (SSSR count). The lowest BCUT2D eigenvalue weighted by atomic mass is 9.33. The summed E-state index contributed by atoms with van der Waals surface area (Å²) in [5.41, 5.74) is -0.431. The molecule has 6 heteroatoms. The van der Waals surface area contributed by atoms with E-state index < -0.39 is 23.9 Å². The molecule has 4 N–H and O–H groups in total. The molecule has 0 radical (unpaired) electrons. The smallest absolute Gasteiger partial charge is 0.163 e. The molecule has 2 heterocycles. The lowest BCUT2D eigenvalue weighted by Gasteiger charge is -2.74. The Morgan fingerprint density at radius 1 is 1.03 bits per heavy atom.